The van der Waals surface area contributed by atoms with Gasteiger partial charge < -0.3 is 9.47 Å². The van der Waals surface area contributed by atoms with Crippen molar-refractivity contribution in [3.63, 3.8) is 0 Å². The average molecular weight is 305 g/mol. The summed E-state index contributed by atoms with van der Waals surface area (Å²) in [5.74, 6) is 1.72. The summed E-state index contributed by atoms with van der Waals surface area (Å²) in [6.45, 7) is 0. The Bertz CT molecular complexity index is 368. The van der Waals surface area contributed by atoms with Crippen LogP contribution in [0.5, 0.6) is 5.75 Å². The second-order valence-electron chi connectivity index (χ2n) is 3.03. The first-order valence-corrected chi connectivity index (χ1v) is 6.59. The molecule has 3 nitrogen and oxygen atoms in total. The highest BCUT2D eigenvalue weighted by molar-refractivity contribution is 9.10. The molecule has 0 aliphatic heterocycles. The maximum atomic E-state index is 10.9. The lowest BCUT2D eigenvalue weighted by Gasteiger charge is -2.06. The molecule has 0 bridgehead atoms. The number of carbonyl (C=O) groups excluding carboxylic acids is 1. The van der Waals surface area contributed by atoms with Gasteiger partial charge in [0.2, 0.25) is 0 Å². The maximum absolute atomic E-state index is 10.9. The lowest BCUT2D eigenvalue weighted by atomic mass is 10.2. The van der Waals surface area contributed by atoms with Crippen LogP contribution in [0, 0.1) is 0 Å². The van der Waals surface area contributed by atoms with E-state index >= 15 is 0 Å². The highest BCUT2D eigenvalue weighted by Gasteiger charge is 2.05. The third kappa shape index (κ3) is 4.06. The fourth-order valence-corrected chi connectivity index (χ4v) is 2.51. The predicted molar refractivity (Wildman–Crippen MR) is 68.9 cm³/mol. The molecule has 88 valence electrons. The van der Waals surface area contributed by atoms with Gasteiger partial charge in [-0.25, -0.2) is 0 Å². The first-order chi connectivity index (χ1) is 7.67. The van der Waals surface area contributed by atoms with Crippen LogP contribution in [0.15, 0.2) is 22.7 Å². The van der Waals surface area contributed by atoms with Gasteiger partial charge in [-0.1, -0.05) is 15.9 Å². The molecule has 0 saturated carbocycles. The van der Waals surface area contributed by atoms with Gasteiger partial charge in [0, 0.05) is 10.2 Å². The zero-order chi connectivity index (χ0) is 12.0. The largest absolute Gasteiger partial charge is 0.497 e. The molecule has 0 fully saturated rings. The third-order valence-electron chi connectivity index (χ3n) is 1.96. The van der Waals surface area contributed by atoms with Crippen LogP contribution in [0.2, 0.25) is 0 Å². The van der Waals surface area contributed by atoms with Crippen molar-refractivity contribution in [3.8, 4) is 5.75 Å². The highest BCUT2D eigenvalue weighted by atomic mass is 79.9. The van der Waals surface area contributed by atoms with E-state index in [1.807, 2.05) is 18.2 Å². The van der Waals surface area contributed by atoms with Crippen LogP contribution in [-0.2, 0) is 15.3 Å². The molecule has 0 atom stereocenters. The first-order valence-electron chi connectivity index (χ1n) is 4.64. The van der Waals surface area contributed by atoms with Crippen molar-refractivity contribution < 1.29 is 14.3 Å². The molecule has 16 heavy (non-hydrogen) atoms. The van der Waals surface area contributed by atoms with E-state index in [1.54, 1.807) is 7.11 Å². The van der Waals surface area contributed by atoms with E-state index < -0.39 is 0 Å². The van der Waals surface area contributed by atoms with E-state index in [4.69, 9.17) is 4.74 Å². The Morgan fingerprint density at radius 3 is 2.81 bits per heavy atom. The van der Waals surface area contributed by atoms with Crippen LogP contribution in [0.1, 0.15) is 5.56 Å². The van der Waals surface area contributed by atoms with Crippen LogP contribution in [0.25, 0.3) is 0 Å². The van der Waals surface area contributed by atoms with Crippen LogP contribution >= 0.6 is 27.7 Å². The third-order valence-corrected chi connectivity index (χ3v) is 3.69. The van der Waals surface area contributed by atoms with Crippen molar-refractivity contribution in [1.82, 2.24) is 0 Å². The van der Waals surface area contributed by atoms with Crippen molar-refractivity contribution >= 4 is 33.7 Å². The van der Waals surface area contributed by atoms with Crippen LogP contribution in [-0.4, -0.2) is 25.9 Å². The monoisotopic (exact) mass is 304 g/mol. The second-order valence-corrected chi connectivity index (χ2v) is 4.87. The van der Waals surface area contributed by atoms with E-state index in [1.165, 1.54) is 18.9 Å². The van der Waals surface area contributed by atoms with E-state index in [0.717, 1.165) is 21.5 Å². The lowest BCUT2D eigenvalue weighted by molar-refractivity contribution is -0.137. The van der Waals surface area contributed by atoms with Gasteiger partial charge in [-0.2, -0.15) is 0 Å². The summed E-state index contributed by atoms with van der Waals surface area (Å²) in [5.41, 5.74) is 1.10. The van der Waals surface area contributed by atoms with E-state index in [9.17, 15) is 4.79 Å². The number of hydrogen-bond donors (Lipinski definition) is 0. The maximum Gasteiger partial charge on any atom is 0.315 e. The van der Waals surface area contributed by atoms with Gasteiger partial charge in [-0.3, -0.25) is 4.79 Å². The normalized spacial score (nSPS) is 9.94. The van der Waals surface area contributed by atoms with Crippen molar-refractivity contribution in [2.75, 3.05) is 20.0 Å². The van der Waals surface area contributed by atoms with E-state index in [0.29, 0.717) is 5.75 Å². The SMILES string of the molecule is COC(=O)CSCc1cc(OC)ccc1Br. The van der Waals surface area contributed by atoms with Crippen LogP contribution in [0.4, 0.5) is 0 Å². The smallest absolute Gasteiger partial charge is 0.315 e. The molecule has 0 aromatic heterocycles. The summed E-state index contributed by atoms with van der Waals surface area (Å²) in [6, 6.07) is 5.78. The van der Waals surface area contributed by atoms with Gasteiger partial charge in [0.25, 0.3) is 0 Å². The van der Waals surface area contributed by atoms with Gasteiger partial charge in [-0.05, 0) is 23.8 Å². The number of methoxy groups -OCH3 is 2. The number of esters is 1. The quantitative estimate of drug-likeness (QED) is 0.784. The molecular formula is C11H13BrO3S. The molecule has 0 saturated heterocycles. The predicted octanol–water partition coefficient (Wildman–Crippen LogP) is 2.86. The summed E-state index contributed by atoms with van der Waals surface area (Å²) in [4.78, 5) is 10.9. The molecule has 0 heterocycles. The molecule has 0 aliphatic carbocycles. The minimum absolute atomic E-state index is 0.205. The molecule has 0 N–H and O–H groups in total. The number of rotatable bonds is 5. The summed E-state index contributed by atoms with van der Waals surface area (Å²) < 4.78 is 10.7. The number of carbonyl (C=O) groups is 1. The van der Waals surface area contributed by atoms with Crippen LogP contribution in [0.3, 0.4) is 0 Å². The van der Waals surface area contributed by atoms with E-state index in [2.05, 4.69) is 20.7 Å². The molecule has 1 aromatic rings. The van der Waals surface area contributed by atoms with Crippen molar-refractivity contribution in [1.29, 1.82) is 0 Å². The molecule has 0 amide bonds. The number of ether oxygens (including phenoxy) is 2. The van der Waals surface area contributed by atoms with Crippen molar-refractivity contribution in [2.45, 2.75) is 5.75 Å². The van der Waals surface area contributed by atoms with Crippen molar-refractivity contribution in [2.24, 2.45) is 0 Å². The first kappa shape index (κ1) is 13.4. The minimum Gasteiger partial charge on any atom is -0.497 e. The molecule has 0 unspecified atom stereocenters. The molecule has 0 aliphatic rings. The molecule has 1 aromatic carbocycles. The standard InChI is InChI=1S/C11H13BrO3S/c1-14-9-3-4-10(12)8(5-9)6-16-7-11(13)15-2/h3-5H,6-7H2,1-2H3. The summed E-state index contributed by atoms with van der Waals surface area (Å²) >= 11 is 4.97. The van der Waals surface area contributed by atoms with E-state index in [-0.39, 0.29) is 5.97 Å². The highest BCUT2D eigenvalue weighted by Crippen LogP contribution is 2.26. The van der Waals surface area contributed by atoms with Gasteiger partial charge in [0.05, 0.1) is 20.0 Å². The Hall–Kier alpha value is -0.680. The Morgan fingerprint density at radius 1 is 1.44 bits per heavy atom. The lowest BCUT2D eigenvalue weighted by Crippen LogP contribution is -2.03. The molecule has 0 radical (unpaired) electrons. The Kier molecular flexibility index (Phi) is 5.69. The Morgan fingerprint density at radius 2 is 2.19 bits per heavy atom. The fraction of sp³-hybridized carbons (Fsp3) is 0.364. The van der Waals surface area contributed by atoms with Crippen molar-refractivity contribution in [3.05, 3.63) is 28.2 Å². The molecule has 0 spiro atoms. The van der Waals surface area contributed by atoms with Crippen LogP contribution < -0.4 is 4.74 Å². The molecule has 5 heteroatoms. The molecular weight excluding hydrogens is 292 g/mol. The van der Waals surface area contributed by atoms with Gasteiger partial charge in [-0.15, -0.1) is 11.8 Å². The molecule has 1 rings (SSSR count). The Balaban J connectivity index is 2.55. The van der Waals surface area contributed by atoms with Gasteiger partial charge >= 0.3 is 5.97 Å². The van der Waals surface area contributed by atoms with Gasteiger partial charge in [0.15, 0.2) is 0 Å². The Labute approximate surface area is 108 Å². The zero-order valence-electron chi connectivity index (χ0n) is 9.16. The van der Waals surface area contributed by atoms with Gasteiger partial charge in [0.1, 0.15) is 5.75 Å². The minimum atomic E-state index is -0.205. The zero-order valence-corrected chi connectivity index (χ0v) is 11.6. The fourth-order valence-electron chi connectivity index (χ4n) is 1.09. The second kappa shape index (κ2) is 6.81. The summed E-state index contributed by atoms with van der Waals surface area (Å²) in [5, 5.41) is 0. The number of benzene rings is 1. The summed E-state index contributed by atoms with van der Waals surface area (Å²) in [6.07, 6.45) is 0. The number of halogens is 1. The topological polar surface area (TPSA) is 35.5 Å². The number of hydrogen-bond acceptors (Lipinski definition) is 4. The average Bonchev–Trinajstić information content (AvgIpc) is 2.31. The number of thioether (sulfide) groups is 1. The summed E-state index contributed by atoms with van der Waals surface area (Å²) in [7, 11) is 3.03.